The maximum atomic E-state index is 14.0. The highest BCUT2D eigenvalue weighted by molar-refractivity contribution is 7.90. The number of nitrogens with two attached hydrogens (primary N) is 1. The first-order valence-electron chi connectivity index (χ1n) is 5.12. The van der Waals surface area contributed by atoms with Crippen LogP contribution in [0.2, 0.25) is 0 Å². The molecule has 1 aliphatic rings. The molecular formula is C11H14FNO2S. The van der Waals surface area contributed by atoms with Crippen LogP contribution in [0, 0.1) is 5.82 Å². The van der Waals surface area contributed by atoms with E-state index < -0.39 is 21.2 Å². The summed E-state index contributed by atoms with van der Waals surface area (Å²) in [7, 11) is -3.53. The first kappa shape index (κ1) is 11.5. The lowest BCUT2D eigenvalue weighted by atomic mass is 9.72. The Morgan fingerprint density at radius 1 is 1.38 bits per heavy atom. The van der Waals surface area contributed by atoms with Crippen LogP contribution in [0.25, 0.3) is 0 Å². The van der Waals surface area contributed by atoms with Gasteiger partial charge in [-0.2, -0.15) is 0 Å². The molecular weight excluding hydrogens is 229 g/mol. The van der Waals surface area contributed by atoms with E-state index in [2.05, 4.69) is 0 Å². The molecule has 3 nitrogen and oxygen atoms in total. The van der Waals surface area contributed by atoms with Crippen LogP contribution in [0.15, 0.2) is 23.1 Å². The quantitative estimate of drug-likeness (QED) is 0.857. The van der Waals surface area contributed by atoms with Crippen molar-refractivity contribution in [1.29, 1.82) is 0 Å². The Bertz CT molecular complexity index is 521. The zero-order valence-corrected chi connectivity index (χ0v) is 9.85. The van der Waals surface area contributed by atoms with E-state index in [0.717, 1.165) is 12.7 Å². The average Bonchev–Trinajstić information content (AvgIpc) is 2.13. The monoisotopic (exact) mass is 243 g/mol. The smallest absolute Gasteiger partial charge is 0.178 e. The molecule has 1 fully saturated rings. The maximum absolute atomic E-state index is 14.0. The summed E-state index contributed by atoms with van der Waals surface area (Å²) < 4.78 is 36.7. The second-order valence-corrected chi connectivity index (χ2v) is 6.38. The van der Waals surface area contributed by atoms with E-state index >= 15 is 0 Å². The minimum atomic E-state index is -3.53. The van der Waals surface area contributed by atoms with Crippen LogP contribution in [0.5, 0.6) is 0 Å². The Kier molecular flexibility index (Phi) is 2.55. The molecule has 1 aliphatic carbocycles. The molecule has 0 saturated heterocycles. The molecule has 0 atom stereocenters. The maximum Gasteiger partial charge on any atom is 0.178 e. The number of benzene rings is 1. The summed E-state index contributed by atoms with van der Waals surface area (Å²) in [4.78, 5) is -0.262. The molecule has 88 valence electrons. The van der Waals surface area contributed by atoms with Crippen molar-refractivity contribution in [2.24, 2.45) is 5.73 Å². The molecule has 0 aromatic heterocycles. The highest BCUT2D eigenvalue weighted by Crippen LogP contribution is 2.40. The third kappa shape index (κ3) is 1.74. The zero-order valence-electron chi connectivity index (χ0n) is 9.03. The van der Waals surface area contributed by atoms with Crippen molar-refractivity contribution in [3.8, 4) is 0 Å². The highest BCUT2D eigenvalue weighted by Gasteiger charge is 2.37. The lowest BCUT2D eigenvalue weighted by Gasteiger charge is -2.38. The molecule has 2 N–H and O–H groups in total. The topological polar surface area (TPSA) is 60.2 Å². The zero-order chi connectivity index (χ0) is 12.0. The van der Waals surface area contributed by atoms with Crippen LogP contribution in [-0.2, 0) is 15.4 Å². The summed E-state index contributed by atoms with van der Waals surface area (Å²) in [6.45, 7) is 0. The van der Waals surface area contributed by atoms with Gasteiger partial charge in [-0.05, 0) is 25.3 Å². The molecule has 2 rings (SSSR count). The minimum absolute atomic E-state index is 0.262. The molecule has 1 aromatic rings. The molecule has 0 unspecified atom stereocenters. The summed E-state index contributed by atoms with van der Waals surface area (Å²) in [6.07, 6.45) is 3.37. The van der Waals surface area contributed by atoms with Crippen molar-refractivity contribution in [3.63, 3.8) is 0 Å². The first-order valence-corrected chi connectivity index (χ1v) is 7.02. The molecule has 1 aromatic carbocycles. The largest absolute Gasteiger partial charge is 0.321 e. The molecule has 0 amide bonds. The summed E-state index contributed by atoms with van der Waals surface area (Å²) in [6, 6.07) is 4.39. The highest BCUT2D eigenvalue weighted by atomic mass is 32.2. The van der Waals surface area contributed by atoms with E-state index in [4.69, 9.17) is 5.73 Å². The van der Waals surface area contributed by atoms with E-state index in [-0.39, 0.29) is 4.90 Å². The van der Waals surface area contributed by atoms with Gasteiger partial charge in [-0.3, -0.25) is 0 Å². The lowest BCUT2D eigenvalue weighted by Crippen LogP contribution is -2.44. The molecule has 0 bridgehead atoms. The van der Waals surface area contributed by atoms with Crippen LogP contribution >= 0.6 is 0 Å². The predicted molar refractivity (Wildman–Crippen MR) is 59.2 cm³/mol. The normalized spacial score (nSPS) is 19.2. The molecule has 1 saturated carbocycles. The minimum Gasteiger partial charge on any atom is -0.321 e. The van der Waals surface area contributed by atoms with Crippen molar-refractivity contribution in [1.82, 2.24) is 0 Å². The van der Waals surface area contributed by atoms with Crippen molar-refractivity contribution >= 4 is 9.84 Å². The van der Waals surface area contributed by atoms with Gasteiger partial charge in [0.15, 0.2) is 9.84 Å². The van der Waals surface area contributed by atoms with Gasteiger partial charge in [-0.1, -0.05) is 12.1 Å². The van der Waals surface area contributed by atoms with Crippen molar-refractivity contribution in [3.05, 3.63) is 29.6 Å². The fraction of sp³-hybridized carbons (Fsp3) is 0.455. The van der Waals surface area contributed by atoms with Crippen molar-refractivity contribution < 1.29 is 12.8 Å². The number of hydrogen-bond donors (Lipinski definition) is 1. The SMILES string of the molecule is CS(=O)(=O)c1cccc(C2(N)CCC2)c1F. The Hall–Kier alpha value is -0.940. The van der Waals surface area contributed by atoms with Crippen molar-refractivity contribution in [2.75, 3.05) is 6.26 Å². The fourth-order valence-electron chi connectivity index (χ4n) is 2.01. The molecule has 16 heavy (non-hydrogen) atoms. The van der Waals surface area contributed by atoms with Gasteiger partial charge in [-0.25, -0.2) is 12.8 Å². The average molecular weight is 243 g/mol. The van der Waals surface area contributed by atoms with Crippen molar-refractivity contribution in [2.45, 2.75) is 29.7 Å². The molecule has 5 heteroatoms. The summed E-state index contributed by atoms with van der Waals surface area (Å²) >= 11 is 0. The van der Waals surface area contributed by atoms with E-state index in [9.17, 15) is 12.8 Å². The number of halogens is 1. The van der Waals surface area contributed by atoms with Crippen LogP contribution in [0.3, 0.4) is 0 Å². The Morgan fingerprint density at radius 3 is 2.44 bits per heavy atom. The lowest BCUT2D eigenvalue weighted by molar-refractivity contribution is 0.243. The first-order chi connectivity index (χ1) is 7.34. The van der Waals surface area contributed by atoms with Gasteiger partial charge in [0.1, 0.15) is 10.7 Å². The van der Waals surface area contributed by atoms with E-state index in [1.807, 2.05) is 0 Å². The van der Waals surface area contributed by atoms with E-state index in [0.29, 0.717) is 18.4 Å². The number of rotatable bonds is 2. The van der Waals surface area contributed by atoms with Gasteiger partial charge in [0.05, 0.1) is 0 Å². The number of hydrogen-bond acceptors (Lipinski definition) is 3. The second-order valence-electron chi connectivity index (χ2n) is 4.40. The van der Waals surface area contributed by atoms with E-state index in [1.165, 1.54) is 6.07 Å². The molecule has 0 heterocycles. The van der Waals surface area contributed by atoms with Crippen LogP contribution in [0.1, 0.15) is 24.8 Å². The second kappa shape index (κ2) is 3.53. The summed E-state index contributed by atoms with van der Waals surface area (Å²) in [5, 5.41) is 0. The van der Waals surface area contributed by atoms with E-state index in [1.54, 1.807) is 12.1 Å². The van der Waals surface area contributed by atoms with Gasteiger partial charge in [-0.15, -0.1) is 0 Å². The van der Waals surface area contributed by atoms with Gasteiger partial charge < -0.3 is 5.73 Å². The van der Waals surface area contributed by atoms with Crippen LogP contribution < -0.4 is 5.73 Å². The summed E-state index contributed by atoms with van der Waals surface area (Å²) in [5.41, 5.74) is 5.65. The molecule has 0 radical (unpaired) electrons. The van der Waals surface area contributed by atoms with Gasteiger partial charge in [0.25, 0.3) is 0 Å². The Balaban J connectivity index is 2.58. The van der Waals surface area contributed by atoms with Gasteiger partial charge >= 0.3 is 0 Å². The molecule has 0 spiro atoms. The number of sulfone groups is 1. The Labute approximate surface area is 94.4 Å². The Morgan fingerprint density at radius 2 is 2.00 bits per heavy atom. The third-order valence-corrected chi connectivity index (χ3v) is 4.26. The predicted octanol–water partition coefficient (Wildman–Crippen LogP) is 1.57. The van der Waals surface area contributed by atoms with Crippen LogP contribution in [-0.4, -0.2) is 14.7 Å². The summed E-state index contributed by atoms with van der Waals surface area (Å²) in [5.74, 6) is -0.688. The standard InChI is InChI=1S/C11H14FNO2S/c1-16(14,15)9-5-2-4-8(10(9)12)11(13)6-3-7-11/h2,4-5H,3,6-7,13H2,1H3. The fourth-order valence-corrected chi connectivity index (χ4v) is 2.77. The van der Waals surface area contributed by atoms with Crippen LogP contribution in [0.4, 0.5) is 4.39 Å². The van der Waals surface area contributed by atoms with Gasteiger partial charge in [0, 0.05) is 17.4 Å². The van der Waals surface area contributed by atoms with Gasteiger partial charge in [0.2, 0.25) is 0 Å². The third-order valence-electron chi connectivity index (χ3n) is 3.14. The molecule has 0 aliphatic heterocycles.